The van der Waals surface area contributed by atoms with Crippen LogP contribution >= 0.6 is 0 Å². The predicted octanol–water partition coefficient (Wildman–Crippen LogP) is 1.07. The van der Waals surface area contributed by atoms with Crippen LogP contribution in [0, 0.1) is 5.92 Å². The number of hydrogen-bond acceptors (Lipinski definition) is 5. The fourth-order valence-electron chi connectivity index (χ4n) is 2.10. The molecule has 1 N–H and O–H groups in total. The molecule has 0 amide bonds. The summed E-state index contributed by atoms with van der Waals surface area (Å²) in [5, 5.41) is 3.42. The molecule has 5 heteroatoms. The smallest absolute Gasteiger partial charge is 0.0701 e. The van der Waals surface area contributed by atoms with Gasteiger partial charge in [-0.05, 0) is 38.3 Å². The molecule has 1 saturated heterocycles. The summed E-state index contributed by atoms with van der Waals surface area (Å²) in [7, 11) is 1.67. The molecule has 0 spiro atoms. The zero-order valence-electron chi connectivity index (χ0n) is 12.2. The molecule has 0 aliphatic carbocycles. The molecule has 19 heavy (non-hydrogen) atoms. The Morgan fingerprint density at radius 3 is 2.11 bits per heavy atom. The highest BCUT2D eigenvalue weighted by atomic mass is 16.6. The van der Waals surface area contributed by atoms with Crippen LogP contribution in [0.2, 0.25) is 0 Å². The molecule has 0 aromatic carbocycles. The molecular weight excluding hydrogens is 246 g/mol. The Bertz CT molecular complexity index is 186. The van der Waals surface area contributed by atoms with Crippen LogP contribution in [0.4, 0.5) is 0 Å². The van der Waals surface area contributed by atoms with Crippen LogP contribution in [-0.2, 0) is 18.9 Å². The van der Waals surface area contributed by atoms with Gasteiger partial charge >= 0.3 is 0 Å². The van der Waals surface area contributed by atoms with Crippen LogP contribution in [0.25, 0.3) is 0 Å². The van der Waals surface area contributed by atoms with Crippen LogP contribution in [0.3, 0.4) is 0 Å². The molecule has 1 aliphatic rings. The van der Waals surface area contributed by atoms with Crippen molar-refractivity contribution >= 4 is 0 Å². The highest BCUT2D eigenvalue weighted by molar-refractivity contribution is 4.68. The van der Waals surface area contributed by atoms with E-state index in [1.54, 1.807) is 7.11 Å². The van der Waals surface area contributed by atoms with Crippen LogP contribution < -0.4 is 5.32 Å². The van der Waals surface area contributed by atoms with E-state index in [1.807, 2.05) is 0 Å². The minimum atomic E-state index is 0.622. The van der Waals surface area contributed by atoms with Gasteiger partial charge in [0.1, 0.15) is 0 Å². The van der Waals surface area contributed by atoms with Crippen molar-refractivity contribution in [2.24, 2.45) is 5.92 Å². The summed E-state index contributed by atoms with van der Waals surface area (Å²) in [4.78, 5) is 0. The van der Waals surface area contributed by atoms with E-state index in [4.69, 9.17) is 18.9 Å². The average Bonchev–Trinajstić information content (AvgIpc) is 2.46. The van der Waals surface area contributed by atoms with Gasteiger partial charge in [-0.15, -0.1) is 0 Å². The van der Waals surface area contributed by atoms with Crippen LogP contribution in [-0.4, -0.2) is 66.4 Å². The van der Waals surface area contributed by atoms with Crippen molar-refractivity contribution in [3.05, 3.63) is 0 Å². The average molecular weight is 275 g/mol. The van der Waals surface area contributed by atoms with Gasteiger partial charge in [0, 0.05) is 13.7 Å². The van der Waals surface area contributed by atoms with E-state index >= 15 is 0 Å². The van der Waals surface area contributed by atoms with Crippen LogP contribution in [0.5, 0.6) is 0 Å². The summed E-state index contributed by atoms with van der Waals surface area (Å²) in [6.07, 6.45) is 3.80. The summed E-state index contributed by atoms with van der Waals surface area (Å²) in [5.41, 5.74) is 0. The maximum Gasteiger partial charge on any atom is 0.0701 e. The second-order valence-corrected chi connectivity index (χ2v) is 4.83. The lowest BCUT2D eigenvalue weighted by atomic mass is 9.97. The summed E-state index contributed by atoms with van der Waals surface area (Å²) >= 11 is 0. The Labute approximate surface area is 116 Å². The monoisotopic (exact) mass is 275 g/mol. The maximum atomic E-state index is 5.57. The largest absolute Gasteiger partial charge is 0.382 e. The molecule has 0 radical (unpaired) electrons. The summed E-state index contributed by atoms with van der Waals surface area (Å²) < 4.78 is 21.1. The Hall–Kier alpha value is -0.200. The van der Waals surface area contributed by atoms with Crippen molar-refractivity contribution in [1.29, 1.82) is 0 Å². The third-order valence-corrected chi connectivity index (χ3v) is 3.25. The molecule has 1 unspecified atom stereocenters. The Kier molecular flexibility index (Phi) is 11.4. The number of piperidine rings is 1. The van der Waals surface area contributed by atoms with E-state index in [2.05, 4.69) is 5.32 Å². The molecule has 0 aromatic rings. The minimum Gasteiger partial charge on any atom is -0.382 e. The third-order valence-electron chi connectivity index (χ3n) is 3.25. The van der Waals surface area contributed by atoms with E-state index < -0.39 is 0 Å². The molecule has 0 aromatic heterocycles. The zero-order chi connectivity index (χ0) is 13.6. The molecule has 1 rings (SSSR count). The standard InChI is InChI=1S/C14H29NO4/c1-16-7-8-18-11-12-19-10-9-17-6-4-14-3-2-5-15-13-14/h14-15H,2-13H2,1H3. The normalized spacial score (nSPS) is 19.7. The lowest BCUT2D eigenvalue weighted by molar-refractivity contribution is 0.00186. The number of rotatable bonds is 12. The minimum absolute atomic E-state index is 0.622. The van der Waals surface area contributed by atoms with E-state index in [0.717, 1.165) is 25.5 Å². The number of methoxy groups -OCH3 is 1. The van der Waals surface area contributed by atoms with Crippen LogP contribution in [0.1, 0.15) is 19.3 Å². The van der Waals surface area contributed by atoms with Crippen molar-refractivity contribution in [3.63, 3.8) is 0 Å². The fraction of sp³-hybridized carbons (Fsp3) is 1.00. The number of nitrogens with one attached hydrogen (secondary N) is 1. The molecule has 5 nitrogen and oxygen atoms in total. The predicted molar refractivity (Wildman–Crippen MR) is 74.5 cm³/mol. The Balaban J connectivity index is 1.71. The third kappa shape index (κ3) is 10.3. The van der Waals surface area contributed by atoms with E-state index in [-0.39, 0.29) is 0 Å². The molecule has 1 fully saturated rings. The SMILES string of the molecule is COCCOCCOCCOCCC1CCCNC1. The van der Waals surface area contributed by atoms with Gasteiger partial charge in [0.25, 0.3) is 0 Å². The van der Waals surface area contributed by atoms with Gasteiger partial charge in [0.05, 0.1) is 39.6 Å². The molecule has 114 valence electrons. The fourth-order valence-corrected chi connectivity index (χ4v) is 2.10. The van der Waals surface area contributed by atoms with Gasteiger partial charge in [-0.25, -0.2) is 0 Å². The highest BCUT2D eigenvalue weighted by Crippen LogP contribution is 2.13. The zero-order valence-corrected chi connectivity index (χ0v) is 12.2. The van der Waals surface area contributed by atoms with Crippen molar-refractivity contribution in [1.82, 2.24) is 5.32 Å². The lowest BCUT2D eigenvalue weighted by Gasteiger charge is -2.22. The van der Waals surface area contributed by atoms with Crippen molar-refractivity contribution in [2.75, 3.05) is 66.4 Å². The quantitative estimate of drug-likeness (QED) is 0.540. The van der Waals surface area contributed by atoms with Gasteiger partial charge in [-0.2, -0.15) is 0 Å². The Morgan fingerprint density at radius 1 is 0.895 bits per heavy atom. The van der Waals surface area contributed by atoms with Gasteiger partial charge < -0.3 is 24.3 Å². The summed E-state index contributed by atoms with van der Waals surface area (Å²) in [6, 6.07) is 0. The topological polar surface area (TPSA) is 49.0 Å². The van der Waals surface area contributed by atoms with Gasteiger partial charge in [0.2, 0.25) is 0 Å². The van der Waals surface area contributed by atoms with Crippen molar-refractivity contribution in [3.8, 4) is 0 Å². The first-order valence-electron chi connectivity index (χ1n) is 7.36. The van der Waals surface area contributed by atoms with E-state index in [0.29, 0.717) is 39.6 Å². The first-order valence-corrected chi connectivity index (χ1v) is 7.36. The van der Waals surface area contributed by atoms with E-state index in [1.165, 1.54) is 19.4 Å². The van der Waals surface area contributed by atoms with Crippen molar-refractivity contribution in [2.45, 2.75) is 19.3 Å². The molecule has 0 bridgehead atoms. The van der Waals surface area contributed by atoms with Gasteiger partial charge in [0.15, 0.2) is 0 Å². The van der Waals surface area contributed by atoms with Crippen LogP contribution in [0.15, 0.2) is 0 Å². The second-order valence-electron chi connectivity index (χ2n) is 4.83. The molecule has 1 heterocycles. The molecule has 1 aliphatic heterocycles. The molecule has 1 atom stereocenters. The number of hydrogen-bond donors (Lipinski definition) is 1. The summed E-state index contributed by atoms with van der Waals surface area (Å²) in [6.45, 7) is 7.02. The second kappa shape index (κ2) is 12.8. The first-order chi connectivity index (χ1) is 9.43. The number of ether oxygens (including phenoxy) is 4. The van der Waals surface area contributed by atoms with E-state index in [9.17, 15) is 0 Å². The van der Waals surface area contributed by atoms with Gasteiger partial charge in [-0.1, -0.05) is 0 Å². The highest BCUT2D eigenvalue weighted by Gasteiger charge is 2.11. The molecule has 0 saturated carbocycles. The Morgan fingerprint density at radius 2 is 1.53 bits per heavy atom. The lowest BCUT2D eigenvalue weighted by Crippen LogP contribution is -2.30. The van der Waals surface area contributed by atoms with Gasteiger partial charge in [-0.3, -0.25) is 0 Å². The maximum absolute atomic E-state index is 5.57. The summed E-state index contributed by atoms with van der Waals surface area (Å²) in [5.74, 6) is 0.795. The molecular formula is C14H29NO4. The van der Waals surface area contributed by atoms with Crippen molar-refractivity contribution < 1.29 is 18.9 Å². The first kappa shape index (κ1) is 16.9.